The van der Waals surface area contributed by atoms with E-state index in [1.807, 2.05) is 6.92 Å². The van der Waals surface area contributed by atoms with E-state index in [2.05, 4.69) is 11.6 Å². The first-order chi connectivity index (χ1) is 9.36. The summed E-state index contributed by atoms with van der Waals surface area (Å²) < 4.78 is 41.1. The normalized spacial score (nSPS) is 26.9. The number of hydrogen-bond acceptors (Lipinski definition) is 3. The molecular weight excluding hydrogens is 279 g/mol. The third-order valence-corrected chi connectivity index (χ3v) is 5.90. The molecule has 3 atom stereocenters. The molecule has 2 rings (SSSR count). The highest BCUT2D eigenvalue weighted by Crippen LogP contribution is 2.35. The van der Waals surface area contributed by atoms with E-state index in [0.29, 0.717) is 5.92 Å². The van der Waals surface area contributed by atoms with Crippen molar-refractivity contribution in [2.45, 2.75) is 44.0 Å². The molecule has 3 N–H and O–H groups in total. The van der Waals surface area contributed by atoms with Gasteiger partial charge in [-0.15, -0.1) is 0 Å². The first-order valence-corrected chi connectivity index (χ1v) is 8.41. The van der Waals surface area contributed by atoms with Gasteiger partial charge in [-0.25, -0.2) is 17.5 Å². The Balaban J connectivity index is 2.25. The number of nitrogens with two attached hydrogens (primary N) is 1. The Morgan fingerprint density at radius 2 is 2.10 bits per heavy atom. The quantitative estimate of drug-likeness (QED) is 0.839. The van der Waals surface area contributed by atoms with Crippen molar-refractivity contribution < 1.29 is 12.8 Å². The van der Waals surface area contributed by atoms with Crippen LogP contribution in [-0.2, 0) is 10.0 Å². The maximum Gasteiger partial charge on any atom is 0.245 e. The van der Waals surface area contributed by atoms with E-state index in [4.69, 9.17) is 5.73 Å². The van der Waals surface area contributed by atoms with E-state index in [9.17, 15) is 12.8 Å². The lowest BCUT2D eigenvalue weighted by Crippen LogP contribution is -2.38. The Kier molecular flexibility index (Phi) is 4.34. The predicted octanol–water partition coefficient (Wildman–Crippen LogP) is 2.51. The summed E-state index contributed by atoms with van der Waals surface area (Å²) in [5.74, 6) is -0.0429. The average Bonchev–Trinajstić information content (AvgIpc) is 2.69. The molecule has 1 aliphatic rings. The number of halogens is 1. The van der Waals surface area contributed by atoms with Crippen molar-refractivity contribution >= 4 is 15.7 Å². The van der Waals surface area contributed by atoms with Gasteiger partial charge in [0.2, 0.25) is 10.0 Å². The Hall–Kier alpha value is -1.14. The van der Waals surface area contributed by atoms with E-state index in [1.54, 1.807) is 0 Å². The molecule has 1 fully saturated rings. The van der Waals surface area contributed by atoms with Gasteiger partial charge in [0.15, 0.2) is 0 Å². The molecule has 20 heavy (non-hydrogen) atoms. The number of nitrogens with one attached hydrogen (secondary N) is 1. The first kappa shape index (κ1) is 15.3. The molecule has 0 aromatic heterocycles. The van der Waals surface area contributed by atoms with Gasteiger partial charge in [0.05, 0.1) is 5.69 Å². The molecule has 0 spiro atoms. The largest absolute Gasteiger partial charge is 0.398 e. The lowest BCUT2D eigenvalue weighted by molar-refractivity contribution is 0.368. The van der Waals surface area contributed by atoms with E-state index in [1.165, 1.54) is 12.1 Å². The number of hydrogen-bond donors (Lipinski definition) is 2. The average molecular weight is 300 g/mol. The van der Waals surface area contributed by atoms with Crippen LogP contribution in [-0.4, -0.2) is 14.5 Å². The fourth-order valence-corrected chi connectivity index (χ4v) is 4.61. The fraction of sp³-hybridized carbons (Fsp3) is 0.571. The number of anilines is 1. The maximum atomic E-state index is 13.8. The van der Waals surface area contributed by atoms with Gasteiger partial charge in [0, 0.05) is 6.04 Å². The van der Waals surface area contributed by atoms with Crippen LogP contribution in [0.2, 0.25) is 0 Å². The number of rotatable bonds is 4. The molecule has 1 aromatic rings. The van der Waals surface area contributed by atoms with Gasteiger partial charge in [-0.3, -0.25) is 0 Å². The minimum Gasteiger partial charge on any atom is -0.398 e. The molecule has 112 valence electrons. The van der Waals surface area contributed by atoms with E-state index in [-0.39, 0.29) is 17.6 Å². The van der Waals surface area contributed by atoms with Crippen LogP contribution >= 0.6 is 0 Å². The SMILES string of the molecule is CCC1CCC(NS(=O)(=O)c2c(N)cccc2F)C1C. The van der Waals surface area contributed by atoms with Crippen molar-refractivity contribution in [3.63, 3.8) is 0 Å². The van der Waals surface area contributed by atoms with E-state index < -0.39 is 20.7 Å². The molecule has 0 aliphatic heterocycles. The molecule has 0 heterocycles. The number of nitrogen functional groups attached to an aromatic ring is 1. The van der Waals surface area contributed by atoms with Gasteiger partial charge in [0.1, 0.15) is 10.7 Å². The summed E-state index contributed by atoms with van der Waals surface area (Å²) >= 11 is 0. The first-order valence-electron chi connectivity index (χ1n) is 6.93. The highest BCUT2D eigenvalue weighted by Gasteiger charge is 2.35. The predicted molar refractivity (Wildman–Crippen MR) is 77.1 cm³/mol. The zero-order valence-corrected chi connectivity index (χ0v) is 12.6. The monoisotopic (exact) mass is 300 g/mol. The third kappa shape index (κ3) is 2.81. The topological polar surface area (TPSA) is 72.2 Å². The van der Waals surface area contributed by atoms with Crippen molar-refractivity contribution in [3.8, 4) is 0 Å². The maximum absolute atomic E-state index is 13.8. The van der Waals surface area contributed by atoms with E-state index in [0.717, 1.165) is 25.3 Å². The molecule has 1 aliphatic carbocycles. The highest BCUT2D eigenvalue weighted by molar-refractivity contribution is 7.89. The zero-order valence-electron chi connectivity index (χ0n) is 11.8. The lowest BCUT2D eigenvalue weighted by Gasteiger charge is -2.21. The highest BCUT2D eigenvalue weighted by atomic mass is 32.2. The van der Waals surface area contributed by atoms with Crippen LogP contribution in [0.3, 0.4) is 0 Å². The molecule has 0 saturated heterocycles. The van der Waals surface area contributed by atoms with Gasteiger partial charge < -0.3 is 5.73 Å². The number of sulfonamides is 1. The third-order valence-electron chi connectivity index (χ3n) is 4.32. The molecule has 3 unspecified atom stereocenters. The van der Waals surface area contributed by atoms with Gasteiger partial charge in [-0.05, 0) is 36.8 Å². The molecule has 0 amide bonds. The molecule has 6 heteroatoms. The Bertz CT molecular complexity index is 569. The second kappa shape index (κ2) is 5.69. The summed E-state index contributed by atoms with van der Waals surface area (Å²) in [6.07, 6.45) is 2.81. The van der Waals surface area contributed by atoms with Gasteiger partial charge >= 0.3 is 0 Å². The fourth-order valence-electron chi connectivity index (χ4n) is 3.06. The molecule has 4 nitrogen and oxygen atoms in total. The smallest absolute Gasteiger partial charge is 0.245 e. The van der Waals surface area contributed by atoms with Crippen LogP contribution in [0.1, 0.15) is 33.1 Å². The van der Waals surface area contributed by atoms with Crippen molar-refractivity contribution in [2.75, 3.05) is 5.73 Å². The van der Waals surface area contributed by atoms with Crippen LogP contribution in [0, 0.1) is 17.7 Å². The minimum absolute atomic E-state index is 0.0600. The van der Waals surface area contributed by atoms with Crippen molar-refractivity contribution in [1.29, 1.82) is 0 Å². The summed E-state index contributed by atoms with van der Waals surface area (Å²) in [7, 11) is -3.92. The second-order valence-electron chi connectivity index (χ2n) is 5.49. The van der Waals surface area contributed by atoms with Gasteiger partial charge in [0.25, 0.3) is 0 Å². The summed E-state index contributed by atoms with van der Waals surface area (Å²) in [6.45, 7) is 4.14. The van der Waals surface area contributed by atoms with Crippen LogP contribution in [0.5, 0.6) is 0 Å². The standard InChI is InChI=1S/C14H21FN2O2S/c1-3-10-7-8-13(9(10)2)17-20(18,19)14-11(15)5-4-6-12(14)16/h4-6,9-10,13,17H,3,7-8,16H2,1-2H3. The van der Waals surface area contributed by atoms with Crippen LogP contribution in [0.25, 0.3) is 0 Å². The summed E-state index contributed by atoms with van der Waals surface area (Å²) in [4.78, 5) is -0.438. The molecule has 0 bridgehead atoms. The summed E-state index contributed by atoms with van der Waals surface area (Å²) in [5.41, 5.74) is 5.55. The van der Waals surface area contributed by atoms with Gasteiger partial charge in [-0.1, -0.05) is 26.3 Å². The van der Waals surface area contributed by atoms with E-state index >= 15 is 0 Å². The van der Waals surface area contributed by atoms with Crippen LogP contribution in [0.15, 0.2) is 23.1 Å². The minimum atomic E-state index is -3.92. The molecule has 0 radical (unpaired) electrons. The lowest BCUT2D eigenvalue weighted by atomic mass is 9.94. The molecular formula is C14H21FN2O2S. The van der Waals surface area contributed by atoms with Crippen molar-refractivity contribution in [3.05, 3.63) is 24.0 Å². The number of benzene rings is 1. The van der Waals surface area contributed by atoms with Crippen molar-refractivity contribution in [1.82, 2.24) is 4.72 Å². The van der Waals surface area contributed by atoms with Gasteiger partial charge in [-0.2, -0.15) is 0 Å². The van der Waals surface area contributed by atoms with Crippen LogP contribution in [0.4, 0.5) is 10.1 Å². The van der Waals surface area contributed by atoms with Crippen LogP contribution < -0.4 is 10.5 Å². The summed E-state index contributed by atoms with van der Waals surface area (Å²) in [6, 6.07) is 3.75. The Morgan fingerprint density at radius 3 is 2.65 bits per heavy atom. The second-order valence-corrected chi connectivity index (χ2v) is 7.14. The zero-order chi connectivity index (χ0) is 14.9. The van der Waals surface area contributed by atoms with Crippen molar-refractivity contribution in [2.24, 2.45) is 11.8 Å². The summed E-state index contributed by atoms with van der Waals surface area (Å²) in [5, 5.41) is 0. The molecule has 1 saturated carbocycles. The Morgan fingerprint density at radius 1 is 1.40 bits per heavy atom. The Labute approximate surface area is 119 Å². The molecule has 1 aromatic carbocycles.